The van der Waals surface area contributed by atoms with E-state index in [1.54, 1.807) is 12.1 Å². The highest BCUT2D eigenvalue weighted by molar-refractivity contribution is 5.98. The molecule has 2 amide bonds. The lowest BCUT2D eigenvalue weighted by Gasteiger charge is -2.22. The maximum Gasteiger partial charge on any atom is 0.326 e. The molecule has 2 aromatic carbocycles. The topological polar surface area (TPSA) is 172 Å². The van der Waals surface area contributed by atoms with Crippen LogP contribution in [0.15, 0.2) is 73.1 Å². The molecule has 35 heavy (non-hydrogen) atoms. The standard InChI is InChI=1S/C24H22N4O7/c29-19-7-3-16(4-8-19)13-20(26-22(30)17-9-11-25-12-10-17)23(31)27-21(24(32)33)14-15-1-5-18(6-2-15)28(34)35/h1-12,20-21,29H,13-14H2,(H,26,30)(H,27,31)(H,32,33)/t20-,21-/m0/s1. The maximum atomic E-state index is 13.1. The minimum absolute atomic E-state index is 0.0320. The molecule has 0 unspecified atom stereocenters. The van der Waals surface area contributed by atoms with Gasteiger partial charge in [-0.2, -0.15) is 0 Å². The van der Waals surface area contributed by atoms with Crippen LogP contribution in [-0.2, 0) is 22.4 Å². The van der Waals surface area contributed by atoms with Crippen LogP contribution in [-0.4, -0.2) is 50.0 Å². The first-order chi connectivity index (χ1) is 16.7. The number of aliphatic carboxylic acids is 1. The Labute approximate surface area is 199 Å². The number of carbonyl (C=O) groups is 3. The number of aromatic hydroxyl groups is 1. The van der Waals surface area contributed by atoms with Crippen LogP contribution in [0.5, 0.6) is 5.75 Å². The van der Waals surface area contributed by atoms with Gasteiger partial charge in [0.05, 0.1) is 4.92 Å². The van der Waals surface area contributed by atoms with Gasteiger partial charge in [-0.15, -0.1) is 0 Å². The minimum atomic E-state index is -1.34. The Morgan fingerprint density at radius 1 is 0.857 bits per heavy atom. The van der Waals surface area contributed by atoms with Crippen molar-refractivity contribution in [3.8, 4) is 5.75 Å². The molecule has 4 N–H and O–H groups in total. The smallest absolute Gasteiger partial charge is 0.326 e. The molecule has 2 atom stereocenters. The fourth-order valence-corrected chi connectivity index (χ4v) is 3.28. The van der Waals surface area contributed by atoms with E-state index in [0.29, 0.717) is 11.1 Å². The number of amides is 2. The van der Waals surface area contributed by atoms with Crippen molar-refractivity contribution in [2.24, 2.45) is 0 Å². The first kappa shape index (κ1) is 24.8. The third-order valence-electron chi connectivity index (χ3n) is 5.14. The summed E-state index contributed by atoms with van der Waals surface area (Å²) in [4.78, 5) is 51.7. The van der Waals surface area contributed by atoms with Gasteiger partial charge >= 0.3 is 5.97 Å². The summed E-state index contributed by atoms with van der Waals surface area (Å²) in [5.41, 5.74) is 1.22. The summed E-state index contributed by atoms with van der Waals surface area (Å²) in [5, 5.41) is 35.0. The number of rotatable bonds is 10. The van der Waals surface area contributed by atoms with Gasteiger partial charge in [-0.25, -0.2) is 4.79 Å². The summed E-state index contributed by atoms with van der Waals surface area (Å²) in [5.74, 6) is -2.55. The Morgan fingerprint density at radius 2 is 1.40 bits per heavy atom. The number of nitro benzene ring substituents is 1. The monoisotopic (exact) mass is 478 g/mol. The first-order valence-electron chi connectivity index (χ1n) is 10.5. The molecule has 0 bridgehead atoms. The molecule has 0 saturated heterocycles. The first-order valence-corrected chi connectivity index (χ1v) is 10.5. The average Bonchev–Trinajstić information content (AvgIpc) is 2.85. The van der Waals surface area contributed by atoms with Gasteiger partial charge in [0.2, 0.25) is 5.91 Å². The van der Waals surface area contributed by atoms with Crippen molar-refractivity contribution in [1.29, 1.82) is 0 Å². The predicted octanol–water partition coefficient (Wildman–Crippen LogP) is 1.85. The van der Waals surface area contributed by atoms with Crippen molar-refractivity contribution in [1.82, 2.24) is 15.6 Å². The lowest BCUT2D eigenvalue weighted by Crippen LogP contribution is -2.53. The van der Waals surface area contributed by atoms with Gasteiger partial charge in [0.1, 0.15) is 17.8 Å². The Hall–Kier alpha value is -4.80. The van der Waals surface area contributed by atoms with Gasteiger partial charge in [0.15, 0.2) is 0 Å². The number of benzene rings is 2. The van der Waals surface area contributed by atoms with Crippen LogP contribution in [0.25, 0.3) is 0 Å². The molecule has 0 aliphatic rings. The van der Waals surface area contributed by atoms with Gasteiger partial charge < -0.3 is 20.8 Å². The number of pyridine rings is 1. The quantitative estimate of drug-likeness (QED) is 0.252. The van der Waals surface area contributed by atoms with E-state index < -0.39 is 34.8 Å². The third-order valence-corrected chi connectivity index (χ3v) is 5.14. The average molecular weight is 478 g/mol. The zero-order valence-electron chi connectivity index (χ0n) is 18.3. The van der Waals surface area contributed by atoms with Crippen LogP contribution in [0.2, 0.25) is 0 Å². The molecule has 3 aromatic rings. The second-order valence-corrected chi connectivity index (χ2v) is 7.66. The summed E-state index contributed by atoms with van der Waals surface area (Å²) in [6, 6.07) is 11.8. The number of nitro groups is 1. The number of carbonyl (C=O) groups excluding carboxylic acids is 2. The second-order valence-electron chi connectivity index (χ2n) is 7.66. The summed E-state index contributed by atoms with van der Waals surface area (Å²) in [6.07, 6.45) is 2.76. The predicted molar refractivity (Wildman–Crippen MR) is 124 cm³/mol. The zero-order chi connectivity index (χ0) is 25.4. The molecule has 0 fully saturated rings. The number of nitrogens with one attached hydrogen (secondary N) is 2. The van der Waals surface area contributed by atoms with Crippen LogP contribution in [0.3, 0.4) is 0 Å². The van der Waals surface area contributed by atoms with E-state index in [-0.39, 0.29) is 29.8 Å². The lowest BCUT2D eigenvalue weighted by molar-refractivity contribution is -0.384. The van der Waals surface area contributed by atoms with Crippen molar-refractivity contribution >= 4 is 23.5 Å². The van der Waals surface area contributed by atoms with Crippen molar-refractivity contribution in [3.05, 3.63) is 99.9 Å². The fraction of sp³-hybridized carbons (Fsp3) is 0.167. The summed E-state index contributed by atoms with van der Waals surface area (Å²) < 4.78 is 0. The Kier molecular flexibility index (Phi) is 8.06. The normalized spacial score (nSPS) is 12.2. The number of carboxylic acids is 1. The number of phenols is 1. The number of phenolic OH excluding ortho intramolecular Hbond substituents is 1. The number of hydrogen-bond donors (Lipinski definition) is 4. The van der Waals surface area contributed by atoms with Crippen molar-refractivity contribution in [2.45, 2.75) is 24.9 Å². The van der Waals surface area contributed by atoms with Crippen LogP contribution in [0, 0.1) is 10.1 Å². The van der Waals surface area contributed by atoms with Crippen LogP contribution in [0.1, 0.15) is 21.5 Å². The number of carboxylic acid groups (broad SMARTS) is 1. The Bertz CT molecular complexity index is 1200. The van der Waals surface area contributed by atoms with E-state index in [1.807, 2.05) is 0 Å². The fourth-order valence-electron chi connectivity index (χ4n) is 3.28. The molecule has 0 saturated carbocycles. The second kappa shape index (κ2) is 11.4. The molecule has 1 aromatic heterocycles. The van der Waals surface area contributed by atoms with E-state index in [4.69, 9.17) is 0 Å². The molecular weight excluding hydrogens is 456 g/mol. The maximum absolute atomic E-state index is 13.1. The summed E-state index contributed by atoms with van der Waals surface area (Å²) >= 11 is 0. The number of nitrogens with zero attached hydrogens (tertiary/aromatic N) is 2. The Morgan fingerprint density at radius 3 is 1.94 bits per heavy atom. The summed E-state index contributed by atoms with van der Waals surface area (Å²) in [7, 11) is 0. The SMILES string of the molecule is O=C(N[C@@H](Cc1ccc(O)cc1)C(=O)N[C@@H](Cc1ccc([N+](=O)[O-])cc1)C(=O)O)c1ccncc1. The lowest BCUT2D eigenvalue weighted by atomic mass is 10.0. The van der Waals surface area contributed by atoms with Crippen molar-refractivity contribution in [3.63, 3.8) is 0 Å². The molecule has 1 heterocycles. The molecule has 3 rings (SSSR count). The van der Waals surface area contributed by atoms with Crippen LogP contribution in [0.4, 0.5) is 5.69 Å². The van der Waals surface area contributed by atoms with Gasteiger partial charge in [-0.05, 0) is 35.4 Å². The van der Waals surface area contributed by atoms with Gasteiger partial charge in [0, 0.05) is 42.9 Å². The van der Waals surface area contributed by atoms with Gasteiger partial charge in [-0.1, -0.05) is 24.3 Å². The Balaban J connectivity index is 1.77. The highest BCUT2D eigenvalue weighted by atomic mass is 16.6. The van der Waals surface area contributed by atoms with E-state index in [2.05, 4.69) is 15.6 Å². The van der Waals surface area contributed by atoms with E-state index in [0.717, 1.165) is 0 Å². The van der Waals surface area contributed by atoms with Gasteiger partial charge in [-0.3, -0.25) is 24.7 Å². The zero-order valence-corrected chi connectivity index (χ0v) is 18.3. The van der Waals surface area contributed by atoms with Crippen LogP contribution < -0.4 is 10.6 Å². The molecular formula is C24H22N4O7. The van der Waals surface area contributed by atoms with E-state index in [9.17, 15) is 34.7 Å². The highest BCUT2D eigenvalue weighted by Gasteiger charge is 2.27. The van der Waals surface area contributed by atoms with Crippen LogP contribution >= 0.6 is 0 Å². The van der Waals surface area contributed by atoms with Crippen molar-refractivity contribution < 1.29 is 29.5 Å². The molecule has 180 valence electrons. The molecule has 0 radical (unpaired) electrons. The van der Waals surface area contributed by atoms with Crippen molar-refractivity contribution in [2.75, 3.05) is 0 Å². The molecule has 11 heteroatoms. The molecule has 11 nitrogen and oxygen atoms in total. The number of hydrogen-bond acceptors (Lipinski definition) is 7. The highest BCUT2D eigenvalue weighted by Crippen LogP contribution is 2.15. The molecule has 0 spiro atoms. The van der Waals surface area contributed by atoms with Gasteiger partial charge in [0.25, 0.3) is 11.6 Å². The van der Waals surface area contributed by atoms with E-state index >= 15 is 0 Å². The van der Waals surface area contributed by atoms with E-state index in [1.165, 1.54) is 60.9 Å². The largest absolute Gasteiger partial charge is 0.508 e. The summed E-state index contributed by atoms with van der Waals surface area (Å²) in [6.45, 7) is 0. The molecule has 0 aliphatic heterocycles. The minimum Gasteiger partial charge on any atom is -0.508 e. The number of non-ortho nitro benzene ring substituents is 1. The molecule has 0 aliphatic carbocycles. The third kappa shape index (κ3) is 7.09. The number of aromatic nitrogens is 1.